The van der Waals surface area contributed by atoms with Crippen molar-refractivity contribution in [3.8, 4) is 5.75 Å². The van der Waals surface area contributed by atoms with Crippen LogP contribution < -0.4 is 64.6 Å². The van der Waals surface area contributed by atoms with Gasteiger partial charge in [0.2, 0.25) is 65.0 Å². The van der Waals surface area contributed by atoms with Crippen molar-refractivity contribution >= 4 is 99.2 Å². The van der Waals surface area contributed by atoms with Crippen LogP contribution in [-0.2, 0) is 76.8 Å². The van der Waals surface area contributed by atoms with Crippen molar-refractivity contribution in [2.45, 2.75) is 210 Å². The van der Waals surface area contributed by atoms with Gasteiger partial charge in [0.25, 0.3) is 5.91 Å². The Morgan fingerprint density at radius 3 is 1.74 bits per heavy atom. The highest BCUT2D eigenvalue weighted by molar-refractivity contribution is 6.30. The van der Waals surface area contributed by atoms with Crippen LogP contribution in [0.1, 0.15) is 152 Å². The molecule has 1 saturated heterocycles. The number of primary amides is 1. The molecule has 31 nitrogen and oxygen atoms in total. The average Bonchev–Trinajstić information content (AvgIpc) is 1.33. The highest BCUT2D eigenvalue weighted by Crippen LogP contribution is 2.24. The van der Waals surface area contributed by atoms with Gasteiger partial charge in [0.05, 0.1) is 12.2 Å². The monoisotopic (exact) mass is 1570 g/mol. The number of unbranched alkanes of at least 4 members (excludes halogenated alkanes) is 3. The third-order valence-electron chi connectivity index (χ3n) is 19.1. The number of likely N-dealkylation sites (tertiary alicyclic amines) is 1. The Kier molecular flexibility index (Phi) is 37.3. The number of carbonyl (C=O) groups excluding carboxylic acids is 12. The maximum atomic E-state index is 15.3. The van der Waals surface area contributed by atoms with Gasteiger partial charge in [0.15, 0.2) is 0 Å². The van der Waals surface area contributed by atoms with Crippen molar-refractivity contribution < 1.29 is 77.6 Å². The second-order valence-corrected chi connectivity index (χ2v) is 29.4. The molecule has 6 rings (SSSR count). The number of aliphatic hydroxyl groups excluding tert-OH is 1. The quantitative estimate of drug-likeness (QED) is 0.0249. The van der Waals surface area contributed by atoms with Gasteiger partial charge in [0.1, 0.15) is 66.2 Å². The van der Waals surface area contributed by atoms with Crippen molar-refractivity contribution in [1.82, 2.24) is 68.0 Å². The number of nitrogens with two attached hydrogens (primary N) is 2. The number of carbonyl (C=O) groups is 13. The molecule has 0 aliphatic carbocycles. The van der Waals surface area contributed by atoms with E-state index in [9.17, 15) is 63.3 Å². The van der Waals surface area contributed by atoms with Gasteiger partial charge in [0, 0.05) is 76.2 Å². The SMILES string of the molecule is CC(=O)N[C@H](Cc1ccc2ccccc2c1)C(=O)N[C@H](Cc1ccc(Cl)cc1)C(=O)N[C@H](CCCCN)C(=O)N[C@@H](CO)C(=O)N(C)[C@@H](Cc1ccc(O)cc1)C(=O)N[C@H](CCCCNC(=O)c1cccnc1)C(=O)N[C@@H](CC(C)C)C(=O)N[C@@H](CCCCNC(C)C)C(=O)N1CCC[C@H]1C(=O)N[C@H](CCC(=O)O)C(N)=O. The van der Waals surface area contributed by atoms with Crippen molar-refractivity contribution in [3.63, 3.8) is 0 Å². The number of pyridine rings is 1. The molecule has 2 heterocycles. The standard InChI is InChI=1S/C80H110ClN15O16/c1-48(2)41-63(74(106)91-62(22-11-13-38-85-49(3)4)80(112)96-40-16-23-67(96)77(109)88-59(70(83)102)34-35-69(100)101)92-72(104)61(21-10-14-39-86-71(103)56-19-15-37-84-46-56)90-78(110)68(45-52-27-32-58(99)33-28-52)95(6)79(111)66(47-97)94-73(105)60(20-9-12-36-82)89-76(108)65(43-51-25-30-57(81)31-26-51)93-75(107)64(87-50(5)98)44-53-24-29-54-17-7-8-18-55(54)42-53/h7-8,15,17-19,24-33,37,42,46,48-49,59-68,85,97,99H,9-14,16,20-23,34-36,38-41,43-45,47,82H2,1-6H3,(H2,83,102)(H,86,103)(H,87,98)(H,88,109)(H,89,108)(H,90,110)(H,91,106)(H,92,104)(H,93,107)(H,94,105)(H,100,101)/t59-,60-,61-,62+,63+,64-,65-,66+,67+,68+/m1/s1. The summed E-state index contributed by atoms with van der Waals surface area (Å²) in [5.74, 6) is -11.0. The number of aliphatic carboxylic acids is 1. The molecule has 12 amide bonds. The molecule has 0 unspecified atom stereocenters. The zero-order valence-electron chi connectivity index (χ0n) is 64.5. The van der Waals surface area contributed by atoms with Crippen LogP contribution in [0.5, 0.6) is 5.75 Å². The van der Waals surface area contributed by atoms with Crippen LogP contribution in [-0.4, -0.2) is 213 Å². The van der Waals surface area contributed by atoms with E-state index in [2.05, 4.69) is 58.2 Å². The number of carboxylic acid groups (broad SMARTS) is 1. The van der Waals surface area contributed by atoms with Crippen molar-refractivity contribution in [3.05, 3.63) is 143 Å². The van der Waals surface area contributed by atoms with E-state index in [1.165, 1.54) is 55.5 Å². The number of phenolic OH excluding ortho intramolecular Hbond substituents is 1. The van der Waals surface area contributed by atoms with E-state index in [0.717, 1.165) is 15.7 Å². The van der Waals surface area contributed by atoms with E-state index in [4.69, 9.17) is 23.1 Å². The zero-order chi connectivity index (χ0) is 82.0. The minimum Gasteiger partial charge on any atom is -0.508 e. The lowest BCUT2D eigenvalue weighted by atomic mass is 9.99. The Morgan fingerprint density at radius 2 is 1.13 bits per heavy atom. The Labute approximate surface area is 657 Å². The molecule has 1 fully saturated rings. The first-order chi connectivity index (χ1) is 53.4. The van der Waals surface area contributed by atoms with Gasteiger partial charge in [-0.25, -0.2) is 0 Å². The Bertz CT molecular complexity index is 3990. The summed E-state index contributed by atoms with van der Waals surface area (Å²) in [5, 5.41) is 60.8. The molecule has 112 heavy (non-hydrogen) atoms. The Balaban J connectivity index is 1.28. The number of hydrogen-bond donors (Lipinski definition) is 15. The van der Waals surface area contributed by atoms with Gasteiger partial charge in [-0.05, 0) is 166 Å². The summed E-state index contributed by atoms with van der Waals surface area (Å²) in [6.07, 6.45) is 4.22. The number of benzene rings is 4. The number of hydrogen-bond acceptors (Lipinski definition) is 18. The number of rotatable bonds is 47. The van der Waals surface area contributed by atoms with Gasteiger partial charge in [-0.15, -0.1) is 0 Å². The second-order valence-electron chi connectivity index (χ2n) is 29.0. The first-order valence-corrected chi connectivity index (χ1v) is 38.5. The van der Waals surface area contributed by atoms with E-state index in [-0.39, 0.29) is 114 Å². The fourth-order valence-corrected chi connectivity index (χ4v) is 13.2. The van der Waals surface area contributed by atoms with Crippen LogP contribution >= 0.6 is 11.6 Å². The molecule has 0 spiro atoms. The molecular weight excluding hydrogens is 1460 g/mol. The molecule has 10 atom stereocenters. The molecule has 4 aromatic carbocycles. The van der Waals surface area contributed by atoms with E-state index in [1.807, 2.05) is 56.3 Å². The summed E-state index contributed by atoms with van der Waals surface area (Å²) in [6, 6.07) is 14.7. The lowest BCUT2D eigenvalue weighted by Gasteiger charge is -2.33. The minimum atomic E-state index is -1.80. The van der Waals surface area contributed by atoms with Crippen molar-refractivity contribution in [2.24, 2.45) is 17.4 Å². The Hall–Kier alpha value is -10.6. The molecule has 17 N–H and O–H groups in total. The number of amides is 12. The van der Waals surface area contributed by atoms with Crippen molar-refractivity contribution in [2.75, 3.05) is 39.8 Å². The van der Waals surface area contributed by atoms with Crippen LogP contribution in [0.25, 0.3) is 10.8 Å². The van der Waals surface area contributed by atoms with Gasteiger partial charge >= 0.3 is 5.97 Å². The first-order valence-electron chi connectivity index (χ1n) is 38.2. The zero-order valence-corrected chi connectivity index (χ0v) is 65.2. The first kappa shape index (κ1) is 90.3. The van der Waals surface area contributed by atoms with Crippen LogP contribution in [0.4, 0.5) is 0 Å². The molecule has 0 bridgehead atoms. The van der Waals surface area contributed by atoms with Crippen LogP contribution in [0.15, 0.2) is 116 Å². The number of nitrogens with one attached hydrogen (secondary N) is 10. The van der Waals surface area contributed by atoms with E-state index in [0.29, 0.717) is 59.5 Å². The summed E-state index contributed by atoms with van der Waals surface area (Å²) in [6.45, 7) is 8.69. The average molecular weight is 1570 g/mol. The summed E-state index contributed by atoms with van der Waals surface area (Å²) in [4.78, 5) is 189. The number of aromatic nitrogens is 1. The summed E-state index contributed by atoms with van der Waals surface area (Å²) in [7, 11) is 1.24. The summed E-state index contributed by atoms with van der Waals surface area (Å²) in [5.41, 5.74) is 13.4. The molecular formula is C80H110ClN15O16. The number of halogens is 1. The normalized spacial score (nSPS) is 15.0. The summed E-state index contributed by atoms with van der Waals surface area (Å²) >= 11 is 6.24. The van der Waals surface area contributed by atoms with E-state index >= 15 is 14.4 Å². The topological polar surface area (TPSA) is 474 Å². The molecule has 32 heteroatoms. The lowest BCUT2D eigenvalue weighted by molar-refractivity contribution is -0.144. The number of nitrogens with zero attached hydrogens (tertiary/aromatic N) is 3. The van der Waals surface area contributed by atoms with Gasteiger partial charge in [-0.2, -0.15) is 0 Å². The second kappa shape index (κ2) is 46.3. The number of aromatic hydroxyl groups is 1. The lowest BCUT2D eigenvalue weighted by Crippen LogP contribution is -2.61. The van der Waals surface area contributed by atoms with Gasteiger partial charge < -0.3 is 89.8 Å². The predicted octanol–water partition coefficient (Wildman–Crippen LogP) is 2.62. The van der Waals surface area contributed by atoms with Crippen LogP contribution in [0, 0.1) is 5.92 Å². The minimum absolute atomic E-state index is 0.00179. The van der Waals surface area contributed by atoms with Gasteiger partial charge in [-0.3, -0.25) is 67.3 Å². The number of phenols is 1. The maximum Gasteiger partial charge on any atom is 0.303 e. The van der Waals surface area contributed by atoms with Crippen molar-refractivity contribution in [1.29, 1.82) is 0 Å². The number of carboxylic acids is 1. The summed E-state index contributed by atoms with van der Waals surface area (Å²) < 4.78 is 0. The molecule has 5 aromatic rings. The van der Waals surface area contributed by atoms with E-state index in [1.54, 1.807) is 50.2 Å². The Morgan fingerprint density at radius 1 is 0.589 bits per heavy atom. The van der Waals surface area contributed by atoms with Crippen LogP contribution in [0.2, 0.25) is 5.02 Å². The van der Waals surface area contributed by atoms with Gasteiger partial charge in [-0.1, -0.05) is 106 Å². The largest absolute Gasteiger partial charge is 0.508 e. The number of aliphatic hydroxyl groups is 1. The third-order valence-corrected chi connectivity index (χ3v) is 19.4. The molecule has 1 aliphatic heterocycles. The molecule has 608 valence electrons. The molecule has 0 radical (unpaired) electrons. The highest BCUT2D eigenvalue weighted by Gasteiger charge is 2.41. The molecule has 0 saturated carbocycles. The fraction of sp³-hybridized carbons (Fsp3) is 0.500. The predicted molar refractivity (Wildman–Crippen MR) is 420 cm³/mol. The smallest absolute Gasteiger partial charge is 0.303 e. The maximum absolute atomic E-state index is 15.3. The van der Waals surface area contributed by atoms with Crippen LogP contribution in [0.3, 0.4) is 0 Å². The molecule has 1 aliphatic rings. The number of likely N-dealkylation sites (N-methyl/N-ethyl adjacent to an activating group) is 1. The number of fused-ring (bicyclic) bond motifs is 1. The third kappa shape index (κ3) is 29.9. The fourth-order valence-electron chi connectivity index (χ4n) is 13.1. The molecule has 1 aromatic heterocycles. The van der Waals surface area contributed by atoms with E-state index < -0.39 is 150 Å². The highest BCUT2D eigenvalue weighted by atomic mass is 35.5.